The van der Waals surface area contributed by atoms with E-state index in [4.69, 9.17) is 4.98 Å². The molecule has 2 fully saturated rings. The molecule has 0 bridgehead atoms. The van der Waals surface area contributed by atoms with Gasteiger partial charge < -0.3 is 15.6 Å². The van der Waals surface area contributed by atoms with Crippen molar-refractivity contribution in [1.82, 2.24) is 20.3 Å². The van der Waals surface area contributed by atoms with Gasteiger partial charge in [-0.15, -0.1) is 0 Å². The number of piperidine rings is 1. The second-order valence-corrected chi connectivity index (χ2v) is 7.74. The molecule has 6 heteroatoms. The molecule has 1 aliphatic carbocycles. The summed E-state index contributed by atoms with van der Waals surface area (Å²) in [7, 11) is 0. The molecule has 3 aromatic rings. The number of anilines is 1. The molecule has 1 saturated carbocycles. The SMILES string of the molecule is C[C@H]1CC(Nc2nccc(-c3c[nH]c4c(F)cccc34)n2)CC2(CC2)N1. The number of H-pyrrole nitrogens is 1. The van der Waals surface area contributed by atoms with Gasteiger partial charge in [-0.05, 0) is 44.7 Å². The van der Waals surface area contributed by atoms with Crippen LogP contribution < -0.4 is 10.6 Å². The number of para-hydroxylation sites is 1. The summed E-state index contributed by atoms with van der Waals surface area (Å²) in [5.41, 5.74) is 2.53. The zero-order chi connectivity index (χ0) is 17.7. The fourth-order valence-electron chi connectivity index (χ4n) is 4.32. The van der Waals surface area contributed by atoms with E-state index in [1.807, 2.05) is 18.3 Å². The maximum atomic E-state index is 13.9. The summed E-state index contributed by atoms with van der Waals surface area (Å²) in [5.74, 6) is 0.391. The molecular weight excluding hydrogens is 329 g/mol. The van der Waals surface area contributed by atoms with E-state index in [2.05, 4.69) is 27.5 Å². The van der Waals surface area contributed by atoms with E-state index in [1.54, 1.807) is 12.3 Å². The molecule has 1 unspecified atom stereocenters. The predicted molar refractivity (Wildman–Crippen MR) is 100 cm³/mol. The van der Waals surface area contributed by atoms with Crippen LogP contribution in [0.2, 0.25) is 0 Å². The normalized spacial score (nSPS) is 24.1. The number of nitrogens with one attached hydrogen (secondary N) is 3. The lowest BCUT2D eigenvalue weighted by Crippen LogP contribution is -2.50. The van der Waals surface area contributed by atoms with Gasteiger partial charge in [0, 0.05) is 41.0 Å². The number of halogens is 1. The second kappa shape index (κ2) is 5.77. The Balaban J connectivity index is 1.43. The minimum absolute atomic E-state index is 0.250. The second-order valence-electron chi connectivity index (χ2n) is 7.74. The highest BCUT2D eigenvalue weighted by Crippen LogP contribution is 2.43. The lowest BCUT2D eigenvalue weighted by atomic mass is 9.93. The molecule has 0 amide bonds. The maximum absolute atomic E-state index is 13.9. The Labute approximate surface area is 151 Å². The molecule has 3 heterocycles. The van der Waals surface area contributed by atoms with E-state index >= 15 is 0 Å². The van der Waals surface area contributed by atoms with Gasteiger partial charge in [0.25, 0.3) is 0 Å². The third-order valence-electron chi connectivity index (χ3n) is 5.61. The minimum Gasteiger partial charge on any atom is -0.358 e. The van der Waals surface area contributed by atoms with Crippen molar-refractivity contribution in [1.29, 1.82) is 0 Å². The van der Waals surface area contributed by atoms with E-state index < -0.39 is 0 Å². The quantitative estimate of drug-likeness (QED) is 0.671. The van der Waals surface area contributed by atoms with E-state index in [1.165, 1.54) is 18.9 Å². The van der Waals surface area contributed by atoms with E-state index in [0.717, 1.165) is 29.5 Å². The van der Waals surface area contributed by atoms with E-state index in [9.17, 15) is 4.39 Å². The van der Waals surface area contributed by atoms with Crippen LogP contribution in [0.15, 0.2) is 36.7 Å². The first kappa shape index (κ1) is 15.8. The van der Waals surface area contributed by atoms with Gasteiger partial charge in [-0.3, -0.25) is 0 Å². The average Bonchev–Trinajstić information content (AvgIpc) is 3.18. The van der Waals surface area contributed by atoms with Gasteiger partial charge in [0.1, 0.15) is 5.82 Å². The van der Waals surface area contributed by atoms with Gasteiger partial charge in [0.05, 0.1) is 11.2 Å². The lowest BCUT2D eigenvalue weighted by molar-refractivity contribution is 0.298. The largest absolute Gasteiger partial charge is 0.358 e. The van der Waals surface area contributed by atoms with Crippen molar-refractivity contribution >= 4 is 16.9 Å². The molecular formula is C20H22FN5. The van der Waals surface area contributed by atoms with Crippen molar-refractivity contribution < 1.29 is 4.39 Å². The van der Waals surface area contributed by atoms with Crippen molar-refractivity contribution in [3.8, 4) is 11.3 Å². The molecule has 2 atom stereocenters. The van der Waals surface area contributed by atoms with Gasteiger partial charge in [0.15, 0.2) is 0 Å². The number of aromatic nitrogens is 3. The monoisotopic (exact) mass is 351 g/mol. The van der Waals surface area contributed by atoms with Crippen LogP contribution in [0, 0.1) is 5.82 Å². The van der Waals surface area contributed by atoms with Crippen LogP contribution in [0.1, 0.15) is 32.6 Å². The number of aromatic amines is 1. The standard InChI is InChI=1S/C20H22FN5/c1-12-9-13(10-20(26-12)6-7-20)24-19-22-8-5-17(25-19)15-11-23-18-14(15)3-2-4-16(18)21/h2-5,8,11-13,23,26H,6-7,9-10H2,1H3,(H,22,24,25)/t12-,13?/m0/s1. The molecule has 134 valence electrons. The predicted octanol–water partition coefficient (Wildman–Crippen LogP) is 3.85. The molecule has 5 nitrogen and oxygen atoms in total. The van der Waals surface area contributed by atoms with Crippen molar-refractivity contribution in [2.45, 2.75) is 50.2 Å². The highest BCUT2D eigenvalue weighted by Gasteiger charge is 2.47. The number of hydrogen-bond donors (Lipinski definition) is 3. The first-order valence-electron chi connectivity index (χ1n) is 9.25. The number of rotatable bonds is 3. The molecule has 1 aromatic carbocycles. The smallest absolute Gasteiger partial charge is 0.223 e. The molecule has 2 aliphatic rings. The van der Waals surface area contributed by atoms with Gasteiger partial charge in [-0.2, -0.15) is 0 Å². The Morgan fingerprint density at radius 3 is 3.00 bits per heavy atom. The summed E-state index contributed by atoms with van der Waals surface area (Å²) in [4.78, 5) is 12.1. The molecule has 5 rings (SSSR count). The zero-order valence-electron chi connectivity index (χ0n) is 14.7. The maximum Gasteiger partial charge on any atom is 0.223 e. The van der Waals surface area contributed by atoms with Crippen LogP contribution >= 0.6 is 0 Å². The summed E-state index contributed by atoms with van der Waals surface area (Å²) in [5, 5.41) is 8.08. The summed E-state index contributed by atoms with van der Waals surface area (Å²) in [6, 6.07) is 7.84. The Kier molecular flexibility index (Phi) is 3.50. The Morgan fingerprint density at radius 2 is 2.15 bits per heavy atom. The molecule has 2 aromatic heterocycles. The first-order valence-corrected chi connectivity index (χ1v) is 9.25. The summed E-state index contributed by atoms with van der Waals surface area (Å²) in [6.07, 6.45) is 8.28. The average molecular weight is 351 g/mol. The fraction of sp³-hybridized carbons (Fsp3) is 0.400. The van der Waals surface area contributed by atoms with E-state index in [0.29, 0.717) is 29.1 Å². The molecule has 0 radical (unpaired) electrons. The molecule has 1 spiro atoms. The summed E-state index contributed by atoms with van der Waals surface area (Å²) >= 11 is 0. The van der Waals surface area contributed by atoms with Crippen molar-refractivity contribution in [2.75, 3.05) is 5.32 Å². The minimum atomic E-state index is -0.250. The Morgan fingerprint density at radius 1 is 1.27 bits per heavy atom. The van der Waals surface area contributed by atoms with Crippen molar-refractivity contribution in [3.05, 3.63) is 42.5 Å². The van der Waals surface area contributed by atoms with Crippen molar-refractivity contribution in [3.63, 3.8) is 0 Å². The summed E-state index contributed by atoms with van der Waals surface area (Å²) in [6.45, 7) is 2.24. The molecule has 1 saturated heterocycles. The van der Waals surface area contributed by atoms with E-state index in [-0.39, 0.29) is 5.82 Å². The zero-order valence-corrected chi connectivity index (χ0v) is 14.7. The number of benzene rings is 1. The van der Waals surface area contributed by atoms with Crippen LogP contribution in [-0.4, -0.2) is 32.6 Å². The molecule has 26 heavy (non-hydrogen) atoms. The molecule has 3 N–H and O–H groups in total. The third kappa shape index (κ3) is 2.74. The lowest BCUT2D eigenvalue weighted by Gasteiger charge is -2.35. The van der Waals surface area contributed by atoms with Crippen LogP contribution in [-0.2, 0) is 0 Å². The summed E-state index contributed by atoms with van der Waals surface area (Å²) < 4.78 is 13.9. The molecule has 1 aliphatic heterocycles. The number of nitrogens with zero attached hydrogens (tertiary/aromatic N) is 2. The number of hydrogen-bond acceptors (Lipinski definition) is 4. The van der Waals surface area contributed by atoms with Gasteiger partial charge in [-0.1, -0.05) is 12.1 Å². The van der Waals surface area contributed by atoms with Crippen LogP contribution in [0.4, 0.5) is 10.3 Å². The van der Waals surface area contributed by atoms with Crippen LogP contribution in [0.25, 0.3) is 22.2 Å². The number of fused-ring (bicyclic) bond motifs is 1. The Hall–Kier alpha value is -2.47. The van der Waals surface area contributed by atoms with Gasteiger partial charge >= 0.3 is 0 Å². The van der Waals surface area contributed by atoms with Crippen LogP contribution in [0.3, 0.4) is 0 Å². The van der Waals surface area contributed by atoms with Gasteiger partial charge in [0.2, 0.25) is 5.95 Å². The first-order chi connectivity index (χ1) is 12.6. The highest BCUT2D eigenvalue weighted by atomic mass is 19.1. The highest BCUT2D eigenvalue weighted by molar-refractivity contribution is 5.94. The third-order valence-corrected chi connectivity index (χ3v) is 5.61. The topological polar surface area (TPSA) is 65.6 Å². The van der Waals surface area contributed by atoms with Crippen molar-refractivity contribution in [2.24, 2.45) is 0 Å². The van der Waals surface area contributed by atoms with Gasteiger partial charge in [-0.25, -0.2) is 14.4 Å². The van der Waals surface area contributed by atoms with Crippen LogP contribution in [0.5, 0.6) is 0 Å². The fourth-order valence-corrected chi connectivity index (χ4v) is 4.32. The Bertz CT molecular complexity index is 962.